The van der Waals surface area contributed by atoms with E-state index in [4.69, 9.17) is 0 Å². The molecule has 0 radical (unpaired) electrons. The van der Waals surface area contributed by atoms with E-state index in [1.807, 2.05) is 32.6 Å². The van der Waals surface area contributed by atoms with Crippen LogP contribution in [0.25, 0.3) is 0 Å². The van der Waals surface area contributed by atoms with Crippen LogP contribution in [-0.4, -0.2) is 71.5 Å². The van der Waals surface area contributed by atoms with Gasteiger partial charge in [-0.3, -0.25) is 19.5 Å². The molecule has 0 aliphatic carbocycles. The first-order valence-corrected chi connectivity index (χ1v) is 8.84. The second kappa shape index (κ2) is 8.28. The summed E-state index contributed by atoms with van der Waals surface area (Å²) in [6.45, 7) is 12.9. The molecule has 1 aliphatic rings. The van der Waals surface area contributed by atoms with Gasteiger partial charge in [0, 0.05) is 50.5 Å². The van der Waals surface area contributed by atoms with Gasteiger partial charge in [-0.15, -0.1) is 0 Å². The van der Waals surface area contributed by atoms with E-state index in [9.17, 15) is 9.59 Å². The fourth-order valence-electron chi connectivity index (χ4n) is 3.15. The highest BCUT2D eigenvalue weighted by Crippen LogP contribution is 2.12. The molecule has 1 saturated heterocycles. The van der Waals surface area contributed by atoms with Crippen LogP contribution in [0.15, 0.2) is 4.79 Å². The third-order valence-electron chi connectivity index (χ3n) is 4.71. The quantitative estimate of drug-likeness (QED) is 0.826. The lowest BCUT2D eigenvalue weighted by atomic mass is 10.2. The SMILES string of the molecule is CCc1c(C)nc(N2CCN(CC(=O)N(CC)CC)CC2)[nH]c1=O. The molecule has 134 valence electrons. The Labute approximate surface area is 143 Å². The van der Waals surface area contributed by atoms with Gasteiger partial charge < -0.3 is 9.80 Å². The van der Waals surface area contributed by atoms with E-state index in [1.165, 1.54) is 0 Å². The first-order chi connectivity index (χ1) is 11.5. The first-order valence-electron chi connectivity index (χ1n) is 8.84. The summed E-state index contributed by atoms with van der Waals surface area (Å²) < 4.78 is 0. The summed E-state index contributed by atoms with van der Waals surface area (Å²) in [6.07, 6.45) is 0.690. The summed E-state index contributed by atoms with van der Waals surface area (Å²) >= 11 is 0. The highest BCUT2D eigenvalue weighted by Gasteiger charge is 2.22. The molecule has 0 bridgehead atoms. The lowest BCUT2D eigenvalue weighted by Gasteiger charge is -2.35. The molecular formula is C17H29N5O2. The van der Waals surface area contributed by atoms with E-state index in [2.05, 4.69) is 19.8 Å². The molecule has 0 saturated carbocycles. The summed E-state index contributed by atoms with van der Waals surface area (Å²) in [5, 5.41) is 0. The second-order valence-electron chi connectivity index (χ2n) is 6.14. The lowest BCUT2D eigenvalue weighted by Crippen LogP contribution is -2.50. The van der Waals surface area contributed by atoms with Crippen LogP contribution >= 0.6 is 0 Å². The normalized spacial score (nSPS) is 15.6. The predicted molar refractivity (Wildman–Crippen MR) is 95.6 cm³/mol. The maximum atomic E-state index is 12.2. The molecule has 0 spiro atoms. The molecule has 1 aromatic heterocycles. The molecule has 1 aliphatic heterocycles. The van der Waals surface area contributed by atoms with Crippen LogP contribution in [0.4, 0.5) is 5.95 Å². The van der Waals surface area contributed by atoms with Crippen LogP contribution < -0.4 is 10.5 Å². The van der Waals surface area contributed by atoms with Crippen molar-refractivity contribution < 1.29 is 4.79 Å². The Balaban J connectivity index is 1.96. The van der Waals surface area contributed by atoms with Crippen LogP contribution in [0.5, 0.6) is 0 Å². The monoisotopic (exact) mass is 335 g/mol. The Morgan fingerprint density at radius 1 is 1.17 bits per heavy atom. The maximum Gasteiger partial charge on any atom is 0.255 e. The smallest absolute Gasteiger partial charge is 0.255 e. The summed E-state index contributed by atoms with van der Waals surface area (Å²) in [5.74, 6) is 0.826. The minimum atomic E-state index is -0.0425. The third kappa shape index (κ3) is 4.14. The number of rotatable bonds is 6. The van der Waals surface area contributed by atoms with Gasteiger partial charge in [-0.25, -0.2) is 4.98 Å². The van der Waals surface area contributed by atoms with E-state index in [-0.39, 0.29) is 11.5 Å². The topological polar surface area (TPSA) is 72.5 Å². The molecule has 2 rings (SSSR count). The number of nitrogens with zero attached hydrogens (tertiary/aromatic N) is 4. The highest BCUT2D eigenvalue weighted by molar-refractivity contribution is 5.78. The van der Waals surface area contributed by atoms with E-state index in [0.29, 0.717) is 18.9 Å². The summed E-state index contributed by atoms with van der Waals surface area (Å²) in [4.78, 5) is 37.9. The molecule has 2 heterocycles. The molecule has 0 atom stereocenters. The number of piperazine rings is 1. The van der Waals surface area contributed by atoms with Gasteiger partial charge in [0.15, 0.2) is 0 Å². The highest BCUT2D eigenvalue weighted by atomic mass is 16.2. The molecule has 7 nitrogen and oxygen atoms in total. The zero-order chi connectivity index (χ0) is 17.7. The molecule has 0 unspecified atom stereocenters. The van der Waals surface area contributed by atoms with Crippen molar-refractivity contribution in [2.24, 2.45) is 0 Å². The minimum Gasteiger partial charge on any atom is -0.342 e. The number of aromatic nitrogens is 2. The number of hydrogen-bond acceptors (Lipinski definition) is 5. The fourth-order valence-corrected chi connectivity index (χ4v) is 3.15. The number of carbonyl (C=O) groups excluding carboxylic acids is 1. The number of anilines is 1. The van der Waals surface area contributed by atoms with Crippen molar-refractivity contribution in [1.82, 2.24) is 19.8 Å². The fraction of sp³-hybridized carbons (Fsp3) is 0.706. The van der Waals surface area contributed by atoms with Gasteiger partial charge in [0.2, 0.25) is 11.9 Å². The zero-order valence-corrected chi connectivity index (χ0v) is 15.3. The zero-order valence-electron chi connectivity index (χ0n) is 15.3. The van der Waals surface area contributed by atoms with Crippen molar-refractivity contribution >= 4 is 11.9 Å². The number of H-pyrrole nitrogens is 1. The number of nitrogens with one attached hydrogen (secondary N) is 1. The molecule has 7 heteroatoms. The van der Waals surface area contributed by atoms with Gasteiger partial charge in [-0.1, -0.05) is 6.92 Å². The molecule has 0 aromatic carbocycles. The second-order valence-corrected chi connectivity index (χ2v) is 6.14. The summed E-state index contributed by atoms with van der Waals surface area (Å²) in [7, 11) is 0. The van der Waals surface area contributed by atoms with Crippen molar-refractivity contribution in [3.8, 4) is 0 Å². The predicted octanol–water partition coefficient (Wildman–Crippen LogP) is 0.631. The Kier molecular flexibility index (Phi) is 6.36. The molecule has 1 N–H and O–H groups in total. The average molecular weight is 335 g/mol. The van der Waals surface area contributed by atoms with E-state index >= 15 is 0 Å². The molecule has 1 aromatic rings. The summed E-state index contributed by atoms with van der Waals surface area (Å²) in [6, 6.07) is 0. The Hall–Kier alpha value is -1.89. The minimum absolute atomic E-state index is 0.0425. The van der Waals surface area contributed by atoms with Crippen LogP contribution in [0.3, 0.4) is 0 Å². The third-order valence-corrected chi connectivity index (χ3v) is 4.71. The number of aromatic amines is 1. The number of aryl methyl sites for hydroxylation is 1. The molecular weight excluding hydrogens is 306 g/mol. The van der Waals surface area contributed by atoms with Crippen LogP contribution in [-0.2, 0) is 11.2 Å². The van der Waals surface area contributed by atoms with Crippen molar-refractivity contribution in [3.05, 3.63) is 21.6 Å². The van der Waals surface area contributed by atoms with Gasteiger partial charge in [0.1, 0.15) is 0 Å². The van der Waals surface area contributed by atoms with Crippen molar-refractivity contribution in [3.63, 3.8) is 0 Å². The number of hydrogen-bond donors (Lipinski definition) is 1. The van der Waals surface area contributed by atoms with E-state index in [1.54, 1.807) is 0 Å². The lowest BCUT2D eigenvalue weighted by molar-refractivity contribution is -0.132. The van der Waals surface area contributed by atoms with Gasteiger partial charge in [-0.05, 0) is 27.2 Å². The molecule has 1 amide bonds. The number of likely N-dealkylation sites (N-methyl/N-ethyl adjacent to an activating group) is 1. The average Bonchev–Trinajstić information content (AvgIpc) is 2.56. The van der Waals surface area contributed by atoms with Gasteiger partial charge in [0.25, 0.3) is 5.56 Å². The summed E-state index contributed by atoms with van der Waals surface area (Å²) in [5.41, 5.74) is 1.51. The Morgan fingerprint density at radius 2 is 1.79 bits per heavy atom. The van der Waals surface area contributed by atoms with E-state index < -0.39 is 0 Å². The van der Waals surface area contributed by atoms with Crippen LogP contribution in [0.1, 0.15) is 32.0 Å². The standard InChI is InChI=1S/C17H29N5O2/c1-5-14-13(4)18-17(19-16(14)24)22-10-8-20(9-11-22)12-15(23)21(6-2)7-3/h5-12H2,1-4H3,(H,18,19,24). The Bertz CT molecular complexity index is 616. The van der Waals surface area contributed by atoms with Crippen molar-refractivity contribution in [2.75, 3.05) is 50.7 Å². The largest absolute Gasteiger partial charge is 0.342 e. The van der Waals surface area contributed by atoms with Crippen LogP contribution in [0.2, 0.25) is 0 Å². The van der Waals surface area contributed by atoms with Crippen LogP contribution in [0, 0.1) is 6.92 Å². The van der Waals surface area contributed by atoms with Gasteiger partial charge >= 0.3 is 0 Å². The van der Waals surface area contributed by atoms with Crippen molar-refractivity contribution in [1.29, 1.82) is 0 Å². The first kappa shape index (κ1) is 18.4. The number of carbonyl (C=O) groups is 1. The van der Waals surface area contributed by atoms with Gasteiger partial charge in [0.05, 0.1) is 6.54 Å². The molecule has 1 fully saturated rings. The Morgan fingerprint density at radius 3 is 2.29 bits per heavy atom. The van der Waals surface area contributed by atoms with Gasteiger partial charge in [-0.2, -0.15) is 0 Å². The van der Waals surface area contributed by atoms with Crippen molar-refractivity contribution in [2.45, 2.75) is 34.1 Å². The maximum absolute atomic E-state index is 12.2. The van der Waals surface area contributed by atoms with E-state index in [0.717, 1.165) is 50.5 Å². The number of amides is 1. The molecule has 24 heavy (non-hydrogen) atoms.